The van der Waals surface area contributed by atoms with Crippen LogP contribution in [-0.2, 0) is 9.53 Å². The van der Waals surface area contributed by atoms with Gasteiger partial charge in [0.25, 0.3) is 0 Å². The molecule has 0 bridgehead atoms. The number of carbonyl (C=O) groups excluding carboxylic acids is 1. The first-order chi connectivity index (χ1) is 18.0. The first-order valence-corrected chi connectivity index (χ1v) is 12.6. The highest BCUT2D eigenvalue weighted by atomic mass is 35.5. The molecule has 5 rings (SSSR count). The Kier molecular flexibility index (Phi) is 7.43. The number of rotatable bonds is 7. The zero-order valence-electron chi connectivity index (χ0n) is 19.7. The highest BCUT2D eigenvalue weighted by molar-refractivity contribution is 7.80. The Morgan fingerprint density at radius 2 is 1.92 bits per heavy atom. The van der Waals surface area contributed by atoms with E-state index in [0.29, 0.717) is 37.9 Å². The van der Waals surface area contributed by atoms with E-state index < -0.39 is 0 Å². The second-order valence-corrected chi connectivity index (χ2v) is 9.50. The lowest BCUT2D eigenvalue weighted by molar-refractivity contribution is -0.119. The largest absolute Gasteiger partial charge is 0.459 e. The number of anilines is 2. The number of carbonyl (C=O) groups is 1. The number of amides is 1. The van der Waals surface area contributed by atoms with Gasteiger partial charge in [-0.3, -0.25) is 9.78 Å². The lowest BCUT2D eigenvalue weighted by Gasteiger charge is -2.26. The van der Waals surface area contributed by atoms with Crippen LogP contribution >= 0.6 is 35.4 Å². The molecule has 2 N–H and O–H groups in total. The first kappa shape index (κ1) is 25.2. The van der Waals surface area contributed by atoms with Crippen LogP contribution in [0.1, 0.15) is 23.5 Å². The molecule has 2 aromatic heterocycles. The highest BCUT2D eigenvalue weighted by Gasteiger charge is 2.42. The zero-order valence-corrected chi connectivity index (χ0v) is 22.0. The smallest absolute Gasteiger partial charge is 0.250 e. The number of furan rings is 1. The molecule has 188 valence electrons. The van der Waals surface area contributed by atoms with Gasteiger partial charge in [-0.25, -0.2) is 0 Å². The van der Waals surface area contributed by atoms with Crippen LogP contribution < -0.4 is 15.5 Å². The highest BCUT2D eigenvalue weighted by Crippen LogP contribution is 2.44. The number of aromatic nitrogens is 1. The van der Waals surface area contributed by atoms with Crippen molar-refractivity contribution in [1.29, 1.82) is 0 Å². The number of benzene rings is 2. The Bertz CT molecular complexity index is 1430. The van der Waals surface area contributed by atoms with Gasteiger partial charge < -0.3 is 24.7 Å². The summed E-state index contributed by atoms with van der Waals surface area (Å²) in [6, 6.07) is 21.7. The molecule has 3 heterocycles. The second kappa shape index (κ2) is 10.9. The van der Waals surface area contributed by atoms with E-state index in [4.69, 9.17) is 44.6 Å². The summed E-state index contributed by atoms with van der Waals surface area (Å²) in [7, 11) is 1.47. The lowest BCUT2D eigenvalue weighted by atomic mass is 10.0. The van der Waals surface area contributed by atoms with Crippen molar-refractivity contribution in [2.75, 3.05) is 23.9 Å². The topological polar surface area (TPSA) is 79.6 Å². The molecule has 0 aliphatic carbocycles. The molecule has 1 fully saturated rings. The molecule has 1 aliphatic rings. The molecule has 0 unspecified atom stereocenters. The van der Waals surface area contributed by atoms with Gasteiger partial charge in [0, 0.05) is 30.2 Å². The fourth-order valence-corrected chi connectivity index (χ4v) is 5.05. The maximum atomic E-state index is 11.9. The third-order valence-electron chi connectivity index (χ3n) is 5.94. The van der Waals surface area contributed by atoms with Crippen LogP contribution in [0.2, 0.25) is 10.0 Å². The number of ether oxygens (including phenoxy) is 1. The molecule has 0 radical (unpaired) electrons. The molecule has 2 aromatic carbocycles. The number of hydrogen-bond acceptors (Lipinski definition) is 5. The maximum absolute atomic E-state index is 11.9. The van der Waals surface area contributed by atoms with Crippen LogP contribution in [-0.4, -0.2) is 29.7 Å². The molecule has 1 saturated heterocycles. The van der Waals surface area contributed by atoms with Crippen molar-refractivity contribution < 1.29 is 13.9 Å². The summed E-state index contributed by atoms with van der Waals surface area (Å²) in [6.07, 6.45) is 1.75. The third kappa shape index (κ3) is 5.19. The van der Waals surface area contributed by atoms with E-state index in [9.17, 15) is 4.79 Å². The summed E-state index contributed by atoms with van der Waals surface area (Å²) >= 11 is 18.5. The van der Waals surface area contributed by atoms with E-state index in [1.807, 2.05) is 71.6 Å². The van der Waals surface area contributed by atoms with Gasteiger partial charge in [-0.05, 0) is 72.9 Å². The SMILES string of the molecule is COCC(=O)Nc1ccc(N2C(=S)N[C@@H](c3ccccn3)[C@H]2c2ccc(-c3cccc(Cl)c3Cl)o2)cc1. The summed E-state index contributed by atoms with van der Waals surface area (Å²) in [6.45, 7) is -0.0207. The maximum Gasteiger partial charge on any atom is 0.250 e. The van der Waals surface area contributed by atoms with E-state index in [1.165, 1.54) is 7.11 Å². The van der Waals surface area contributed by atoms with E-state index in [2.05, 4.69) is 15.6 Å². The van der Waals surface area contributed by atoms with E-state index in [0.717, 1.165) is 11.4 Å². The van der Waals surface area contributed by atoms with E-state index in [-0.39, 0.29) is 24.6 Å². The molecular weight excluding hydrogens is 531 g/mol. The standard InChI is InChI=1S/C27H22Cl2N4O3S/c1-35-15-23(34)31-16-8-10-17(11-9-16)33-26(25(32-27(33)37)20-7-2-3-14-30-20)22-13-12-21(36-22)18-5-4-6-19(28)24(18)29/h2-14,25-26H,15H2,1H3,(H,31,34)(H,32,37)/t25-,26+/m0/s1. The summed E-state index contributed by atoms with van der Waals surface area (Å²) in [5, 5.41) is 7.60. The van der Waals surface area contributed by atoms with Crippen molar-refractivity contribution in [3.63, 3.8) is 0 Å². The van der Waals surface area contributed by atoms with Crippen LogP contribution in [0.5, 0.6) is 0 Å². The molecule has 4 aromatic rings. The number of methoxy groups -OCH3 is 1. The van der Waals surface area contributed by atoms with Gasteiger partial charge in [-0.1, -0.05) is 35.3 Å². The Hall–Kier alpha value is -3.43. The minimum Gasteiger partial charge on any atom is -0.459 e. The van der Waals surface area contributed by atoms with Crippen molar-refractivity contribution in [2.24, 2.45) is 0 Å². The molecule has 1 aliphatic heterocycles. The number of nitrogens with zero attached hydrogens (tertiary/aromatic N) is 2. The molecule has 10 heteroatoms. The van der Waals surface area contributed by atoms with Gasteiger partial charge in [0.1, 0.15) is 24.2 Å². The number of pyridine rings is 1. The number of nitrogens with one attached hydrogen (secondary N) is 2. The minimum atomic E-state index is -0.344. The minimum absolute atomic E-state index is 0.0207. The number of hydrogen-bond donors (Lipinski definition) is 2. The number of thiocarbonyl (C=S) groups is 1. The van der Waals surface area contributed by atoms with Crippen molar-refractivity contribution in [1.82, 2.24) is 10.3 Å². The number of halogens is 2. The molecule has 37 heavy (non-hydrogen) atoms. The molecular formula is C27H22Cl2N4O3S. The zero-order chi connectivity index (χ0) is 25.9. The average Bonchev–Trinajstić information content (AvgIpc) is 3.51. The first-order valence-electron chi connectivity index (χ1n) is 11.4. The summed E-state index contributed by atoms with van der Waals surface area (Å²) in [5.74, 6) is 1.03. The van der Waals surface area contributed by atoms with Crippen LogP contribution in [0.15, 0.2) is 83.4 Å². The lowest BCUT2D eigenvalue weighted by Crippen LogP contribution is -2.29. The van der Waals surface area contributed by atoms with Crippen molar-refractivity contribution in [2.45, 2.75) is 12.1 Å². The van der Waals surface area contributed by atoms with Gasteiger partial charge in [0.05, 0.1) is 21.8 Å². The Morgan fingerprint density at radius 1 is 1.11 bits per heavy atom. The molecule has 7 nitrogen and oxygen atoms in total. The molecule has 2 atom stereocenters. The van der Waals surface area contributed by atoms with Gasteiger partial charge in [-0.15, -0.1) is 0 Å². The van der Waals surface area contributed by atoms with Gasteiger partial charge in [-0.2, -0.15) is 0 Å². The Balaban J connectivity index is 1.52. The fraction of sp³-hybridized carbons (Fsp3) is 0.148. The molecule has 1 amide bonds. The van der Waals surface area contributed by atoms with E-state index in [1.54, 1.807) is 12.3 Å². The van der Waals surface area contributed by atoms with Crippen molar-refractivity contribution >= 4 is 57.8 Å². The van der Waals surface area contributed by atoms with Crippen molar-refractivity contribution in [3.8, 4) is 11.3 Å². The molecule has 0 spiro atoms. The summed E-state index contributed by atoms with van der Waals surface area (Å²) in [5.41, 5.74) is 2.99. The van der Waals surface area contributed by atoms with Crippen molar-refractivity contribution in [3.05, 3.63) is 100 Å². The van der Waals surface area contributed by atoms with Crippen LogP contribution in [0, 0.1) is 0 Å². The van der Waals surface area contributed by atoms with Crippen LogP contribution in [0.3, 0.4) is 0 Å². The quantitative estimate of drug-likeness (QED) is 0.256. The summed E-state index contributed by atoms with van der Waals surface area (Å²) in [4.78, 5) is 18.4. The van der Waals surface area contributed by atoms with Gasteiger partial charge >= 0.3 is 0 Å². The van der Waals surface area contributed by atoms with Gasteiger partial charge in [0.2, 0.25) is 5.91 Å². The van der Waals surface area contributed by atoms with Crippen LogP contribution in [0.25, 0.3) is 11.3 Å². The monoisotopic (exact) mass is 552 g/mol. The van der Waals surface area contributed by atoms with E-state index >= 15 is 0 Å². The second-order valence-electron chi connectivity index (χ2n) is 8.33. The van der Waals surface area contributed by atoms with Crippen LogP contribution in [0.4, 0.5) is 11.4 Å². The molecule has 0 saturated carbocycles. The normalized spacial score (nSPS) is 17.1. The summed E-state index contributed by atoms with van der Waals surface area (Å²) < 4.78 is 11.2. The third-order valence-corrected chi connectivity index (χ3v) is 7.07. The Labute approximate surface area is 229 Å². The predicted molar refractivity (Wildman–Crippen MR) is 149 cm³/mol. The van der Waals surface area contributed by atoms with Gasteiger partial charge in [0.15, 0.2) is 5.11 Å². The predicted octanol–water partition coefficient (Wildman–Crippen LogP) is 6.41. The average molecular weight is 553 g/mol. The Morgan fingerprint density at radius 3 is 2.65 bits per heavy atom. The fourth-order valence-electron chi connectivity index (χ4n) is 4.31.